The van der Waals surface area contributed by atoms with E-state index in [4.69, 9.17) is 4.74 Å². The Kier molecular flexibility index (Phi) is 4.11. The summed E-state index contributed by atoms with van der Waals surface area (Å²) in [6.07, 6.45) is 7.38. The van der Waals surface area contributed by atoms with E-state index in [0.717, 1.165) is 17.1 Å². The van der Waals surface area contributed by atoms with Gasteiger partial charge in [0.15, 0.2) is 0 Å². The maximum Gasteiger partial charge on any atom is 0.0879 e. The smallest absolute Gasteiger partial charge is 0.0879 e. The van der Waals surface area contributed by atoms with Gasteiger partial charge in [-0.1, -0.05) is 37.3 Å². The summed E-state index contributed by atoms with van der Waals surface area (Å²) < 4.78 is 5.81. The van der Waals surface area contributed by atoms with E-state index < -0.39 is 0 Å². The predicted octanol–water partition coefficient (Wildman–Crippen LogP) is 5.13. The minimum Gasteiger partial charge on any atom is -0.501 e. The Balaban J connectivity index is 1.49. The van der Waals surface area contributed by atoms with E-state index in [9.17, 15) is 0 Å². The molecule has 0 aromatic heterocycles. The van der Waals surface area contributed by atoms with Gasteiger partial charge in [0, 0.05) is 10.5 Å². The van der Waals surface area contributed by atoms with Crippen LogP contribution in [-0.2, 0) is 4.74 Å². The number of rotatable bonds is 5. The van der Waals surface area contributed by atoms with Gasteiger partial charge in [0.05, 0.1) is 12.9 Å². The fraction of sp³-hybridized carbons (Fsp3) is 0.556. The average molecular weight is 288 g/mol. The molecule has 2 heteroatoms. The van der Waals surface area contributed by atoms with Crippen LogP contribution in [0.3, 0.4) is 0 Å². The Hall–Kier alpha value is -0.890. The summed E-state index contributed by atoms with van der Waals surface area (Å²) >= 11 is 2.23. The van der Waals surface area contributed by atoms with Crippen LogP contribution < -0.4 is 0 Å². The van der Waals surface area contributed by atoms with Crippen LogP contribution in [0.2, 0.25) is 0 Å². The van der Waals surface area contributed by atoms with E-state index >= 15 is 0 Å². The van der Waals surface area contributed by atoms with Crippen LogP contribution >= 0.6 is 11.8 Å². The van der Waals surface area contributed by atoms with Crippen LogP contribution in [0.5, 0.6) is 0 Å². The molecule has 2 fully saturated rings. The van der Waals surface area contributed by atoms with Crippen LogP contribution in [0.15, 0.2) is 36.6 Å². The highest BCUT2D eigenvalue weighted by Crippen LogP contribution is 2.57. The van der Waals surface area contributed by atoms with Gasteiger partial charge in [-0.3, -0.25) is 0 Å². The van der Waals surface area contributed by atoms with Crippen LogP contribution in [0.4, 0.5) is 0 Å². The molecule has 0 aliphatic carbocycles. The first-order valence-corrected chi connectivity index (χ1v) is 8.61. The molecule has 0 N–H and O–H groups in total. The molecule has 2 saturated heterocycles. The van der Waals surface area contributed by atoms with Crippen molar-refractivity contribution in [3.05, 3.63) is 42.2 Å². The van der Waals surface area contributed by atoms with Crippen LogP contribution in [0.1, 0.15) is 45.1 Å². The topological polar surface area (TPSA) is 9.23 Å². The van der Waals surface area contributed by atoms with Crippen molar-refractivity contribution in [3.8, 4) is 0 Å². The molecule has 3 rings (SSSR count). The van der Waals surface area contributed by atoms with Gasteiger partial charge in [0.2, 0.25) is 0 Å². The summed E-state index contributed by atoms with van der Waals surface area (Å²) in [6, 6.07) is 10.4. The van der Waals surface area contributed by atoms with Gasteiger partial charge in [-0.05, 0) is 49.2 Å². The molecule has 2 bridgehead atoms. The van der Waals surface area contributed by atoms with E-state index in [0.29, 0.717) is 5.41 Å². The van der Waals surface area contributed by atoms with E-state index in [1.807, 2.05) is 12.3 Å². The summed E-state index contributed by atoms with van der Waals surface area (Å²) in [4.78, 5) is 0. The molecule has 108 valence electrons. The van der Waals surface area contributed by atoms with E-state index in [-0.39, 0.29) is 0 Å². The summed E-state index contributed by atoms with van der Waals surface area (Å²) in [7, 11) is 0. The molecule has 1 nitrogen and oxygen atoms in total. The minimum atomic E-state index is 0.516. The Morgan fingerprint density at radius 3 is 2.80 bits per heavy atom. The van der Waals surface area contributed by atoms with Crippen molar-refractivity contribution < 1.29 is 4.74 Å². The quantitative estimate of drug-likeness (QED) is 0.549. The number of fused-ring (bicyclic) bond motifs is 2. The van der Waals surface area contributed by atoms with Gasteiger partial charge >= 0.3 is 0 Å². The molecule has 20 heavy (non-hydrogen) atoms. The van der Waals surface area contributed by atoms with Gasteiger partial charge in [-0.15, -0.1) is 0 Å². The normalized spacial score (nSPS) is 32.6. The highest BCUT2D eigenvalue weighted by Gasteiger charge is 2.48. The number of ether oxygens (including phenoxy) is 1. The molecule has 2 heterocycles. The first-order valence-electron chi connectivity index (χ1n) is 7.67. The third kappa shape index (κ3) is 2.90. The zero-order valence-corrected chi connectivity index (χ0v) is 13.3. The molecule has 0 saturated carbocycles. The number of hydrogen-bond acceptors (Lipinski definition) is 2. The molecule has 0 amide bonds. The number of allylic oxidation sites excluding steroid dienone is 1. The third-order valence-corrected chi connectivity index (χ3v) is 6.78. The van der Waals surface area contributed by atoms with Gasteiger partial charge in [-0.25, -0.2) is 0 Å². The lowest BCUT2D eigenvalue weighted by Gasteiger charge is -2.32. The lowest BCUT2D eigenvalue weighted by Crippen LogP contribution is -2.29. The summed E-state index contributed by atoms with van der Waals surface area (Å²) in [5, 5.41) is 1.82. The molecule has 2 aliphatic heterocycles. The molecule has 1 aromatic carbocycles. The van der Waals surface area contributed by atoms with Crippen molar-refractivity contribution in [2.45, 2.75) is 50.0 Å². The maximum atomic E-state index is 5.81. The van der Waals surface area contributed by atoms with Gasteiger partial charge < -0.3 is 4.74 Å². The van der Waals surface area contributed by atoms with Crippen molar-refractivity contribution >= 4 is 17.3 Å². The third-order valence-electron chi connectivity index (χ3n) is 4.86. The Morgan fingerprint density at radius 1 is 1.35 bits per heavy atom. The molecular weight excluding hydrogens is 264 g/mol. The second-order valence-corrected chi connectivity index (χ2v) is 7.98. The number of thioether (sulfide) groups is 1. The van der Waals surface area contributed by atoms with Crippen LogP contribution in [-0.4, -0.2) is 17.1 Å². The molecule has 2 aliphatic rings. The monoisotopic (exact) mass is 288 g/mol. The summed E-state index contributed by atoms with van der Waals surface area (Å²) in [5.41, 5.74) is 2.97. The second kappa shape index (κ2) is 5.85. The largest absolute Gasteiger partial charge is 0.501 e. The zero-order chi connectivity index (χ0) is 14.0. The predicted molar refractivity (Wildman–Crippen MR) is 87.8 cm³/mol. The van der Waals surface area contributed by atoms with Gasteiger partial charge in [0.25, 0.3) is 0 Å². The summed E-state index contributed by atoms with van der Waals surface area (Å²) in [6.45, 7) is 5.43. The first kappa shape index (κ1) is 14.1. The van der Waals surface area contributed by atoms with E-state index in [1.165, 1.54) is 36.8 Å². The average Bonchev–Trinajstić information content (AvgIpc) is 3.05. The molecule has 3 unspecified atom stereocenters. The van der Waals surface area contributed by atoms with Gasteiger partial charge in [0.1, 0.15) is 0 Å². The highest BCUT2D eigenvalue weighted by atomic mass is 32.2. The van der Waals surface area contributed by atoms with Crippen molar-refractivity contribution in [2.24, 2.45) is 5.41 Å². The van der Waals surface area contributed by atoms with Crippen molar-refractivity contribution in [1.82, 2.24) is 0 Å². The lowest BCUT2D eigenvalue weighted by atomic mass is 9.74. The maximum absolute atomic E-state index is 5.81. The Bertz CT molecular complexity index is 481. The second-order valence-electron chi connectivity index (χ2n) is 6.47. The van der Waals surface area contributed by atoms with Gasteiger partial charge in [-0.2, -0.15) is 11.8 Å². The number of benzene rings is 1. The molecule has 0 radical (unpaired) electrons. The molecule has 3 atom stereocenters. The van der Waals surface area contributed by atoms with Crippen LogP contribution in [0.25, 0.3) is 5.57 Å². The van der Waals surface area contributed by atoms with E-state index in [1.54, 1.807) is 0 Å². The standard InChI is InChI=1S/C18H24OS/c1-14(15-6-4-3-5-7-15)13-19-11-10-18(2)12-16-8-9-17(18)20-16/h3-7,13,16-17H,8-12H2,1-2H3/b14-13-. The Morgan fingerprint density at radius 2 is 2.15 bits per heavy atom. The first-order chi connectivity index (χ1) is 9.67. The zero-order valence-electron chi connectivity index (χ0n) is 12.5. The Labute approximate surface area is 126 Å². The van der Waals surface area contributed by atoms with Crippen molar-refractivity contribution in [1.29, 1.82) is 0 Å². The fourth-order valence-corrected chi connectivity index (χ4v) is 5.56. The molecular formula is C18H24OS. The SMILES string of the molecule is C/C(=C/OCCC1(C)CC2CCC1S2)c1ccccc1. The van der Waals surface area contributed by atoms with E-state index in [2.05, 4.69) is 49.9 Å². The molecule has 1 aromatic rings. The summed E-state index contributed by atoms with van der Waals surface area (Å²) in [5.74, 6) is 0. The van der Waals surface area contributed by atoms with Crippen molar-refractivity contribution in [2.75, 3.05) is 6.61 Å². The highest BCUT2D eigenvalue weighted by molar-refractivity contribution is 8.01. The minimum absolute atomic E-state index is 0.516. The number of hydrogen-bond donors (Lipinski definition) is 0. The fourth-order valence-electron chi connectivity index (χ4n) is 3.53. The van der Waals surface area contributed by atoms with Crippen LogP contribution in [0, 0.1) is 5.41 Å². The van der Waals surface area contributed by atoms with Crippen molar-refractivity contribution in [3.63, 3.8) is 0 Å². The lowest BCUT2D eigenvalue weighted by molar-refractivity contribution is 0.157. The molecule has 0 spiro atoms.